The first-order valence-electron chi connectivity index (χ1n) is 7.31. The molecular weight excluding hydrogens is 252 g/mol. The molecule has 0 saturated carbocycles. The third kappa shape index (κ3) is 3.73. The lowest BCUT2D eigenvalue weighted by molar-refractivity contribution is -0.137. The van der Waals surface area contributed by atoms with E-state index in [9.17, 15) is 4.79 Å². The number of carbonyl (C=O) groups is 1. The van der Waals surface area contributed by atoms with E-state index >= 15 is 0 Å². The van der Waals surface area contributed by atoms with Gasteiger partial charge in [-0.2, -0.15) is 0 Å². The van der Waals surface area contributed by atoms with Crippen molar-refractivity contribution < 1.29 is 9.90 Å². The lowest BCUT2D eigenvalue weighted by atomic mass is 10.1. The van der Waals surface area contributed by atoms with Crippen LogP contribution < -0.4 is 4.90 Å². The second-order valence-electron chi connectivity index (χ2n) is 5.70. The average Bonchev–Trinajstić information content (AvgIpc) is 2.75. The van der Waals surface area contributed by atoms with Gasteiger partial charge in [0, 0.05) is 37.3 Å². The summed E-state index contributed by atoms with van der Waals surface area (Å²) >= 11 is 0. The van der Waals surface area contributed by atoms with E-state index in [1.165, 1.54) is 5.69 Å². The Kier molecular flexibility index (Phi) is 5.01. The number of rotatable bonds is 6. The van der Waals surface area contributed by atoms with Crippen molar-refractivity contribution in [3.05, 3.63) is 30.3 Å². The van der Waals surface area contributed by atoms with E-state index in [0.29, 0.717) is 18.5 Å². The number of carboxylic acid groups (broad SMARTS) is 1. The molecule has 0 aliphatic carbocycles. The van der Waals surface area contributed by atoms with Gasteiger partial charge in [-0.05, 0) is 38.9 Å². The Morgan fingerprint density at radius 2 is 2.10 bits per heavy atom. The molecule has 0 spiro atoms. The molecule has 0 radical (unpaired) electrons. The first-order chi connectivity index (χ1) is 9.58. The Labute approximate surface area is 121 Å². The van der Waals surface area contributed by atoms with E-state index < -0.39 is 5.97 Å². The molecule has 4 nitrogen and oxygen atoms in total. The van der Waals surface area contributed by atoms with Crippen molar-refractivity contribution in [3.8, 4) is 0 Å². The monoisotopic (exact) mass is 276 g/mol. The fourth-order valence-corrected chi connectivity index (χ4v) is 2.93. The van der Waals surface area contributed by atoms with Crippen LogP contribution in [0.3, 0.4) is 0 Å². The van der Waals surface area contributed by atoms with Gasteiger partial charge in [0.25, 0.3) is 0 Å². The normalized spacial score (nSPS) is 22.9. The summed E-state index contributed by atoms with van der Waals surface area (Å²) in [7, 11) is 2.16. The Bertz CT molecular complexity index is 425. The van der Waals surface area contributed by atoms with Crippen LogP contribution in [0.1, 0.15) is 26.2 Å². The number of hydrogen-bond acceptors (Lipinski definition) is 3. The number of carboxylic acids is 1. The number of likely N-dealkylation sites (tertiary alicyclic amines) is 1. The third-order valence-electron chi connectivity index (χ3n) is 4.18. The summed E-state index contributed by atoms with van der Waals surface area (Å²) in [6, 6.07) is 11.4. The number of aliphatic carboxylic acids is 1. The molecule has 1 aromatic rings. The third-order valence-corrected chi connectivity index (χ3v) is 4.18. The van der Waals surface area contributed by atoms with E-state index in [1.807, 2.05) is 18.2 Å². The van der Waals surface area contributed by atoms with Crippen molar-refractivity contribution in [2.45, 2.75) is 38.3 Å². The number of benzene rings is 1. The number of anilines is 1. The highest BCUT2D eigenvalue weighted by atomic mass is 16.4. The van der Waals surface area contributed by atoms with Crippen molar-refractivity contribution in [1.29, 1.82) is 0 Å². The minimum atomic E-state index is -0.713. The Hall–Kier alpha value is -1.55. The molecule has 1 aliphatic rings. The molecule has 1 fully saturated rings. The lowest BCUT2D eigenvalue weighted by Gasteiger charge is -2.31. The van der Waals surface area contributed by atoms with Crippen molar-refractivity contribution in [3.63, 3.8) is 0 Å². The summed E-state index contributed by atoms with van der Waals surface area (Å²) in [6.07, 6.45) is 2.07. The maximum atomic E-state index is 10.7. The molecule has 1 N–H and O–H groups in total. The van der Waals surface area contributed by atoms with E-state index in [0.717, 1.165) is 19.5 Å². The minimum Gasteiger partial charge on any atom is -0.481 e. The van der Waals surface area contributed by atoms with Gasteiger partial charge < -0.3 is 14.9 Å². The first kappa shape index (κ1) is 14.9. The zero-order valence-corrected chi connectivity index (χ0v) is 12.3. The van der Waals surface area contributed by atoms with Crippen molar-refractivity contribution in [2.75, 3.05) is 25.0 Å². The van der Waals surface area contributed by atoms with Gasteiger partial charge in [-0.15, -0.1) is 0 Å². The predicted octanol–water partition coefficient (Wildman–Crippen LogP) is 2.45. The first-order valence-corrected chi connectivity index (χ1v) is 7.31. The minimum absolute atomic E-state index is 0.238. The molecule has 0 bridgehead atoms. The fourth-order valence-electron chi connectivity index (χ4n) is 2.93. The second kappa shape index (κ2) is 6.75. The molecule has 4 heteroatoms. The molecule has 0 aromatic heterocycles. The molecule has 2 atom stereocenters. The SMILES string of the molecule is CC1CC(N(CCCC(=O)O)c2ccccc2)CN1C. The molecule has 20 heavy (non-hydrogen) atoms. The molecule has 2 rings (SSSR count). The van der Waals surface area contributed by atoms with E-state index in [4.69, 9.17) is 5.11 Å². The predicted molar refractivity (Wildman–Crippen MR) is 81.2 cm³/mol. The van der Waals surface area contributed by atoms with Gasteiger partial charge in [-0.25, -0.2) is 0 Å². The molecule has 110 valence electrons. The lowest BCUT2D eigenvalue weighted by Crippen LogP contribution is -2.38. The summed E-state index contributed by atoms with van der Waals surface area (Å²) in [6.45, 7) is 4.10. The molecule has 1 saturated heterocycles. The summed E-state index contributed by atoms with van der Waals surface area (Å²) < 4.78 is 0. The van der Waals surface area contributed by atoms with Crippen LogP contribution in [0.25, 0.3) is 0 Å². The highest BCUT2D eigenvalue weighted by Gasteiger charge is 2.30. The highest BCUT2D eigenvalue weighted by Crippen LogP contribution is 2.26. The zero-order valence-electron chi connectivity index (χ0n) is 12.3. The van der Waals surface area contributed by atoms with Gasteiger partial charge in [0.1, 0.15) is 0 Å². The van der Waals surface area contributed by atoms with Gasteiger partial charge >= 0.3 is 5.97 Å². The maximum Gasteiger partial charge on any atom is 0.303 e. The smallest absolute Gasteiger partial charge is 0.303 e. The summed E-state index contributed by atoms with van der Waals surface area (Å²) in [4.78, 5) is 15.5. The van der Waals surface area contributed by atoms with Crippen LogP contribution in [0.15, 0.2) is 30.3 Å². The van der Waals surface area contributed by atoms with E-state index in [1.54, 1.807) is 0 Å². The van der Waals surface area contributed by atoms with Crippen LogP contribution in [0, 0.1) is 0 Å². The number of para-hydroxylation sites is 1. The number of nitrogens with zero attached hydrogens (tertiary/aromatic N) is 2. The quantitative estimate of drug-likeness (QED) is 0.867. The van der Waals surface area contributed by atoms with Gasteiger partial charge in [0.15, 0.2) is 0 Å². The van der Waals surface area contributed by atoms with Gasteiger partial charge in [-0.1, -0.05) is 18.2 Å². The molecular formula is C16H24N2O2. The molecule has 1 heterocycles. The largest absolute Gasteiger partial charge is 0.481 e. The average molecular weight is 276 g/mol. The molecule has 1 aromatic carbocycles. The Morgan fingerprint density at radius 1 is 1.40 bits per heavy atom. The van der Waals surface area contributed by atoms with Crippen LogP contribution in [0.4, 0.5) is 5.69 Å². The zero-order chi connectivity index (χ0) is 14.5. The van der Waals surface area contributed by atoms with Crippen molar-refractivity contribution in [1.82, 2.24) is 4.90 Å². The van der Waals surface area contributed by atoms with E-state index in [-0.39, 0.29) is 6.42 Å². The fraction of sp³-hybridized carbons (Fsp3) is 0.562. The van der Waals surface area contributed by atoms with Crippen LogP contribution in [-0.2, 0) is 4.79 Å². The number of hydrogen-bond donors (Lipinski definition) is 1. The molecule has 1 aliphatic heterocycles. The maximum absolute atomic E-state index is 10.7. The molecule has 0 amide bonds. The number of likely N-dealkylation sites (N-methyl/N-ethyl adjacent to an activating group) is 1. The van der Waals surface area contributed by atoms with Crippen molar-refractivity contribution in [2.24, 2.45) is 0 Å². The van der Waals surface area contributed by atoms with Crippen molar-refractivity contribution >= 4 is 11.7 Å². The Balaban J connectivity index is 2.06. The van der Waals surface area contributed by atoms with Crippen LogP contribution in [-0.4, -0.2) is 48.2 Å². The van der Waals surface area contributed by atoms with Crippen LogP contribution in [0.2, 0.25) is 0 Å². The topological polar surface area (TPSA) is 43.8 Å². The van der Waals surface area contributed by atoms with Gasteiger partial charge in [0.05, 0.1) is 0 Å². The van der Waals surface area contributed by atoms with Crippen LogP contribution in [0.5, 0.6) is 0 Å². The Morgan fingerprint density at radius 3 is 2.65 bits per heavy atom. The highest BCUT2D eigenvalue weighted by molar-refractivity contribution is 5.66. The molecule has 2 unspecified atom stereocenters. The van der Waals surface area contributed by atoms with E-state index in [2.05, 4.69) is 35.9 Å². The van der Waals surface area contributed by atoms with Gasteiger partial charge in [-0.3, -0.25) is 4.79 Å². The standard InChI is InChI=1S/C16H24N2O2/c1-13-11-15(12-17(13)2)18(10-6-9-16(19)20)14-7-4-3-5-8-14/h3-5,7-8,13,15H,6,9-12H2,1-2H3,(H,19,20). The van der Waals surface area contributed by atoms with Gasteiger partial charge in [0.2, 0.25) is 0 Å². The second-order valence-corrected chi connectivity index (χ2v) is 5.70. The summed E-state index contributed by atoms with van der Waals surface area (Å²) in [5.41, 5.74) is 1.20. The summed E-state index contributed by atoms with van der Waals surface area (Å²) in [5, 5.41) is 8.82. The summed E-state index contributed by atoms with van der Waals surface area (Å²) in [5.74, 6) is -0.713. The van der Waals surface area contributed by atoms with Crippen LogP contribution >= 0.6 is 0 Å².